The van der Waals surface area contributed by atoms with Crippen LogP contribution in [-0.4, -0.2) is 49.6 Å². The van der Waals surface area contributed by atoms with Crippen molar-refractivity contribution in [3.63, 3.8) is 0 Å². The molecule has 1 aliphatic heterocycles. The van der Waals surface area contributed by atoms with Crippen molar-refractivity contribution in [2.75, 3.05) is 38.6 Å². The van der Waals surface area contributed by atoms with Gasteiger partial charge in [-0.3, -0.25) is 4.79 Å². The predicted molar refractivity (Wildman–Crippen MR) is 90.5 cm³/mol. The second-order valence-electron chi connectivity index (χ2n) is 6.51. The van der Waals surface area contributed by atoms with Gasteiger partial charge in [0.05, 0.1) is 38.0 Å². The number of hydrogen-bond donors (Lipinski definition) is 1. The van der Waals surface area contributed by atoms with Gasteiger partial charge in [0.2, 0.25) is 0 Å². The Labute approximate surface area is 138 Å². The number of nitrogens with one attached hydrogen (secondary N) is 1. The highest BCUT2D eigenvalue weighted by Gasteiger charge is 2.33. The average molecular weight is 319 g/mol. The number of methoxy groups -OCH3 is 1. The van der Waals surface area contributed by atoms with Crippen LogP contribution in [0.25, 0.3) is 0 Å². The van der Waals surface area contributed by atoms with E-state index in [0.717, 1.165) is 35.2 Å². The lowest BCUT2D eigenvalue weighted by atomic mass is 10.0. The van der Waals surface area contributed by atoms with Crippen LogP contribution in [0.3, 0.4) is 0 Å². The first kappa shape index (κ1) is 17.5. The number of likely N-dealkylation sites (N-methyl/N-ethyl adjacent to an activating group) is 1. The number of quaternary nitrogens is 1. The zero-order valence-electron chi connectivity index (χ0n) is 14.6. The highest BCUT2D eigenvalue weighted by Crippen LogP contribution is 2.25. The van der Waals surface area contributed by atoms with Gasteiger partial charge in [-0.25, -0.2) is 4.79 Å². The van der Waals surface area contributed by atoms with Gasteiger partial charge in [0.25, 0.3) is 5.91 Å². The Bertz CT molecular complexity index is 605. The number of anilines is 1. The minimum Gasteiger partial charge on any atom is -0.465 e. The number of carbonyl (C=O) groups excluding carboxylic acids is 2. The van der Waals surface area contributed by atoms with E-state index in [1.807, 2.05) is 19.9 Å². The molecule has 126 valence electrons. The van der Waals surface area contributed by atoms with E-state index in [0.29, 0.717) is 17.8 Å². The first-order valence-electron chi connectivity index (χ1n) is 8.25. The summed E-state index contributed by atoms with van der Waals surface area (Å²) in [6.45, 7) is 9.49. The molecular weight excluding hydrogens is 292 g/mol. The number of hydrogen-bond acceptors (Lipinski definition) is 3. The third kappa shape index (κ3) is 3.91. The number of carbonyl (C=O) groups is 2. The lowest BCUT2D eigenvalue weighted by Gasteiger charge is -2.32. The summed E-state index contributed by atoms with van der Waals surface area (Å²) in [6.07, 6.45) is 2.36. The van der Waals surface area contributed by atoms with Crippen LogP contribution in [0.15, 0.2) is 12.1 Å². The molecule has 1 aromatic carbocycles. The SMILES string of the molecule is CC[N+]1(CC(=O)Nc2c(C)cc(C)cc2C(=O)OC)CCCC1. The summed E-state index contributed by atoms with van der Waals surface area (Å²) in [6, 6.07) is 3.72. The fraction of sp³-hybridized carbons (Fsp3) is 0.556. The molecule has 1 saturated heterocycles. The van der Waals surface area contributed by atoms with E-state index in [1.165, 1.54) is 20.0 Å². The minimum atomic E-state index is -0.423. The molecule has 0 radical (unpaired) electrons. The Morgan fingerprint density at radius 3 is 2.43 bits per heavy atom. The van der Waals surface area contributed by atoms with E-state index in [1.54, 1.807) is 6.07 Å². The fourth-order valence-electron chi connectivity index (χ4n) is 3.48. The fourth-order valence-corrected chi connectivity index (χ4v) is 3.48. The molecule has 1 heterocycles. The maximum absolute atomic E-state index is 12.6. The Hall–Kier alpha value is -1.88. The van der Waals surface area contributed by atoms with Gasteiger partial charge in [-0.05, 0) is 38.0 Å². The molecule has 1 amide bonds. The van der Waals surface area contributed by atoms with Crippen LogP contribution in [0, 0.1) is 13.8 Å². The van der Waals surface area contributed by atoms with Crippen molar-refractivity contribution in [3.05, 3.63) is 28.8 Å². The first-order chi connectivity index (χ1) is 10.9. The summed E-state index contributed by atoms with van der Waals surface area (Å²) < 4.78 is 5.69. The maximum Gasteiger partial charge on any atom is 0.339 e. The summed E-state index contributed by atoms with van der Waals surface area (Å²) in [5.41, 5.74) is 2.84. The molecule has 0 unspecified atom stereocenters. The van der Waals surface area contributed by atoms with Crippen LogP contribution in [0.1, 0.15) is 41.3 Å². The van der Waals surface area contributed by atoms with Crippen LogP contribution in [0.4, 0.5) is 5.69 Å². The molecule has 0 aliphatic carbocycles. The van der Waals surface area contributed by atoms with E-state index < -0.39 is 5.97 Å². The summed E-state index contributed by atoms with van der Waals surface area (Å²) in [5, 5.41) is 2.95. The normalized spacial score (nSPS) is 16.2. The Morgan fingerprint density at radius 2 is 1.87 bits per heavy atom. The van der Waals surface area contributed by atoms with Gasteiger partial charge in [0, 0.05) is 12.8 Å². The van der Waals surface area contributed by atoms with E-state index in [2.05, 4.69) is 12.2 Å². The predicted octanol–water partition coefficient (Wildman–Crippen LogP) is 2.66. The van der Waals surface area contributed by atoms with E-state index >= 15 is 0 Å². The van der Waals surface area contributed by atoms with Crippen molar-refractivity contribution in [3.8, 4) is 0 Å². The maximum atomic E-state index is 12.6. The molecule has 5 heteroatoms. The molecule has 1 N–H and O–H groups in total. The molecular formula is C18H27N2O3+. The van der Waals surface area contributed by atoms with Crippen molar-refractivity contribution in [2.45, 2.75) is 33.6 Å². The third-order valence-corrected chi connectivity index (χ3v) is 4.81. The summed E-state index contributed by atoms with van der Waals surface area (Å²) in [5.74, 6) is -0.460. The number of esters is 1. The lowest BCUT2D eigenvalue weighted by molar-refractivity contribution is -0.907. The molecule has 0 saturated carbocycles. The van der Waals surface area contributed by atoms with E-state index in [4.69, 9.17) is 4.74 Å². The van der Waals surface area contributed by atoms with Crippen molar-refractivity contribution >= 4 is 17.6 Å². The molecule has 0 aromatic heterocycles. The largest absolute Gasteiger partial charge is 0.465 e. The van der Waals surface area contributed by atoms with Crippen LogP contribution in [-0.2, 0) is 9.53 Å². The number of ether oxygens (including phenoxy) is 1. The standard InChI is InChI=1S/C18H26N2O3/c1-5-20(8-6-7-9-20)12-16(21)19-17-14(3)10-13(2)11-15(17)18(22)23-4/h10-11H,5-9,12H2,1-4H3/p+1. The summed E-state index contributed by atoms with van der Waals surface area (Å²) >= 11 is 0. The zero-order chi connectivity index (χ0) is 17.0. The monoisotopic (exact) mass is 319 g/mol. The van der Waals surface area contributed by atoms with Crippen LogP contribution < -0.4 is 5.32 Å². The van der Waals surface area contributed by atoms with Gasteiger partial charge in [0.1, 0.15) is 0 Å². The Balaban J connectivity index is 2.22. The number of likely N-dealkylation sites (tertiary alicyclic amines) is 1. The lowest BCUT2D eigenvalue weighted by Crippen LogP contribution is -2.50. The number of nitrogens with zero attached hydrogens (tertiary/aromatic N) is 1. The van der Waals surface area contributed by atoms with E-state index in [9.17, 15) is 9.59 Å². The second kappa shape index (κ2) is 7.13. The van der Waals surface area contributed by atoms with Gasteiger partial charge in [-0.1, -0.05) is 6.07 Å². The number of amides is 1. The smallest absolute Gasteiger partial charge is 0.339 e. The minimum absolute atomic E-state index is 0.0362. The third-order valence-electron chi connectivity index (χ3n) is 4.81. The second-order valence-corrected chi connectivity index (χ2v) is 6.51. The Kier molecular flexibility index (Phi) is 5.42. The van der Waals surface area contributed by atoms with Crippen molar-refractivity contribution in [1.29, 1.82) is 0 Å². The molecule has 0 bridgehead atoms. The molecule has 5 nitrogen and oxygen atoms in total. The van der Waals surface area contributed by atoms with Crippen molar-refractivity contribution < 1.29 is 18.8 Å². The molecule has 2 rings (SSSR count). The average Bonchev–Trinajstić information content (AvgIpc) is 2.97. The van der Waals surface area contributed by atoms with Gasteiger partial charge in [-0.15, -0.1) is 0 Å². The van der Waals surface area contributed by atoms with E-state index in [-0.39, 0.29) is 5.91 Å². The highest BCUT2D eigenvalue weighted by molar-refractivity contribution is 6.02. The van der Waals surface area contributed by atoms with Gasteiger partial charge in [0.15, 0.2) is 6.54 Å². The molecule has 0 spiro atoms. The number of aryl methyl sites for hydroxylation is 2. The van der Waals surface area contributed by atoms with Gasteiger partial charge in [-0.2, -0.15) is 0 Å². The molecule has 0 atom stereocenters. The quantitative estimate of drug-likeness (QED) is 0.670. The Morgan fingerprint density at radius 1 is 1.22 bits per heavy atom. The first-order valence-corrected chi connectivity index (χ1v) is 8.25. The number of benzene rings is 1. The van der Waals surface area contributed by atoms with Gasteiger partial charge >= 0.3 is 5.97 Å². The molecule has 23 heavy (non-hydrogen) atoms. The summed E-state index contributed by atoms with van der Waals surface area (Å²) in [4.78, 5) is 24.6. The number of rotatable bonds is 5. The highest BCUT2D eigenvalue weighted by atomic mass is 16.5. The van der Waals surface area contributed by atoms with Crippen LogP contribution in [0.2, 0.25) is 0 Å². The van der Waals surface area contributed by atoms with Crippen LogP contribution >= 0.6 is 0 Å². The molecule has 1 aliphatic rings. The molecule has 1 aromatic rings. The van der Waals surface area contributed by atoms with Gasteiger partial charge < -0.3 is 14.5 Å². The van der Waals surface area contributed by atoms with Crippen molar-refractivity contribution in [2.24, 2.45) is 0 Å². The topological polar surface area (TPSA) is 55.4 Å². The summed E-state index contributed by atoms with van der Waals surface area (Å²) in [7, 11) is 1.35. The van der Waals surface area contributed by atoms with Crippen molar-refractivity contribution in [1.82, 2.24) is 0 Å². The van der Waals surface area contributed by atoms with Crippen LogP contribution in [0.5, 0.6) is 0 Å². The molecule has 1 fully saturated rings. The zero-order valence-corrected chi connectivity index (χ0v) is 14.6.